The van der Waals surface area contributed by atoms with E-state index in [1.54, 1.807) is 0 Å². The van der Waals surface area contributed by atoms with Gasteiger partial charge in [-0.1, -0.05) is 6.92 Å². The summed E-state index contributed by atoms with van der Waals surface area (Å²) in [6.45, 7) is 3.03. The molecule has 0 saturated heterocycles. The van der Waals surface area contributed by atoms with Gasteiger partial charge in [-0.3, -0.25) is 0 Å². The van der Waals surface area contributed by atoms with E-state index in [1.807, 2.05) is 0 Å². The van der Waals surface area contributed by atoms with E-state index in [9.17, 15) is 26.3 Å². The fourth-order valence-corrected chi connectivity index (χ4v) is 0.769. The van der Waals surface area contributed by atoms with E-state index in [0.717, 1.165) is 0 Å². The molecule has 6 heteroatoms. The lowest BCUT2D eigenvalue weighted by Gasteiger charge is -2.21. The molecule has 0 N–H and O–H groups in total. The molecular weight excluding hydrogens is 198 g/mol. The van der Waals surface area contributed by atoms with E-state index < -0.39 is 31.1 Å². The molecule has 1 radical (unpaired) electrons. The van der Waals surface area contributed by atoms with Crippen molar-refractivity contribution in [2.75, 3.05) is 0 Å². The van der Waals surface area contributed by atoms with E-state index in [2.05, 4.69) is 6.92 Å². The largest absolute Gasteiger partial charge is 0.313 e. The van der Waals surface area contributed by atoms with Crippen LogP contribution in [0.25, 0.3) is 0 Å². The Morgan fingerprint density at radius 1 is 1.08 bits per heavy atom. The number of hydrogen-bond acceptors (Lipinski definition) is 0. The maximum atomic E-state index is 12.4. The minimum absolute atomic E-state index is 0.272. The summed E-state index contributed by atoms with van der Waals surface area (Å²) in [6.07, 6.45) is -7.35. The van der Waals surface area contributed by atoms with E-state index in [4.69, 9.17) is 0 Å². The Labute approximate surface area is 71.9 Å². The fourth-order valence-electron chi connectivity index (χ4n) is 0.769. The molecule has 0 heterocycles. The molecule has 0 aliphatic rings. The van der Waals surface area contributed by atoms with Gasteiger partial charge in [0.1, 0.15) is 0 Å². The number of rotatable bonds is 5. The summed E-state index contributed by atoms with van der Waals surface area (Å²) >= 11 is 0. The first-order chi connectivity index (χ1) is 5.71. The van der Waals surface area contributed by atoms with Crippen molar-refractivity contribution in [3.63, 3.8) is 0 Å². The average Bonchev–Trinajstić information content (AvgIpc) is 1.83. The predicted octanol–water partition coefficient (Wildman–Crippen LogP) is 3.53. The maximum absolute atomic E-state index is 12.4. The van der Waals surface area contributed by atoms with Crippen molar-refractivity contribution < 1.29 is 26.3 Å². The summed E-state index contributed by atoms with van der Waals surface area (Å²) < 4.78 is 72.1. The Morgan fingerprint density at radius 2 is 1.54 bits per heavy atom. The Balaban J connectivity index is 4.24. The second-order valence-electron chi connectivity index (χ2n) is 2.70. The summed E-state index contributed by atoms with van der Waals surface area (Å²) in [5.74, 6) is -8.40. The molecule has 0 aromatic rings. The maximum Gasteiger partial charge on any atom is 0.313 e. The van der Waals surface area contributed by atoms with Crippen molar-refractivity contribution in [2.24, 2.45) is 0 Å². The molecule has 0 aliphatic heterocycles. The van der Waals surface area contributed by atoms with Gasteiger partial charge >= 0.3 is 12.3 Å². The van der Waals surface area contributed by atoms with Crippen LogP contribution in [0.5, 0.6) is 0 Å². The highest BCUT2D eigenvalue weighted by atomic mass is 19.3. The second-order valence-corrected chi connectivity index (χ2v) is 2.70. The lowest BCUT2D eigenvalue weighted by molar-refractivity contribution is -0.180. The minimum Gasteiger partial charge on any atom is -0.207 e. The van der Waals surface area contributed by atoms with Crippen LogP contribution in [0.3, 0.4) is 0 Å². The third-order valence-electron chi connectivity index (χ3n) is 1.36. The Kier molecular flexibility index (Phi) is 4.06. The monoisotopic (exact) mass is 207 g/mol. The van der Waals surface area contributed by atoms with E-state index in [-0.39, 0.29) is 6.42 Å². The summed E-state index contributed by atoms with van der Waals surface area (Å²) in [5, 5.41) is 0. The van der Waals surface area contributed by atoms with Gasteiger partial charge < -0.3 is 0 Å². The van der Waals surface area contributed by atoms with Crippen LogP contribution in [0.15, 0.2) is 0 Å². The van der Waals surface area contributed by atoms with Gasteiger partial charge in [0.2, 0.25) is 0 Å². The predicted molar refractivity (Wildman–Crippen MR) is 35.1 cm³/mol. The zero-order valence-electron chi connectivity index (χ0n) is 6.67. The Hall–Kier alpha value is -0.420. The molecule has 0 spiro atoms. The topological polar surface area (TPSA) is 0 Å². The van der Waals surface area contributed by atoms with Crippen LogP contribution in [0, 0.1) is 6.92 Å². The summed E-state index contributed by atoms with van der Waals surface area (Å²) in [7, 11) is 0. The van der Waals surface area contributed by atoms with Crippen LogP contribution < -0.4 is 0 Å². The number of hydrogen-bond donors (Lipinski definition) is 0. The van der Waals surface area contributed by atoms with E-state index >= 15 is 0 Å². The zero-order chi connectivity index (χ0) is 10.7. The molecule has 0 aromatic carbocycles. The molecule has 0 nitrogen and oxygen atoms in total. The molecule has 13 heavy (non-hydrogen) atoms. The van der Waals surface area contributed by atoms with Crippen molar-refractivity contribution >= 4 is 0 Å². The highest BCUT2D eigenvalue weighted by Crippen LogP contribution is 2.37. The first-order valence-electron chi connectivity index (χ1n) is 3.54. The van der Waals surface area contributed by atoms with E-state index in [0.29, 0.717) is 0 Å². The van der Waals surface area contributed by atoms with Crippen LogP contribution in [0.1, 0.15) is 19.3 Å². The minimum atomic E-state index is -4.63. The normalized spacial score (nSPS) is 13.8. The van der Waals surface area contributed by atoms with Gasteiger partial charge in [0.15, 0.2) is 0 Å². The van der Waals surface area contributed by atoms with Crippen molar-refractivity contribution in [3.8, 4) is 0 Å². The number of alkyl halides is 6. The lowest BCUT2D eigenvalue weighted by atomic mass is 10.1. The molecule has 0 aliphatic carbocycles. The van der Waals surface area contributed by atoms with Crippen LogP contribution in [0.4, 0.5) is 26.3 Å². The quantitative estimate of drug-likeness (QED) is 0.605. The SMILES string of the molecule is [CH2]CCC(F)(F)CC(F)(F)C(F)F. The first kappa shape index (κ1) is 12.6. The summed E-state index contributed by atoms with van der Waals surface area (Å²) in [6, 6.07) is 0. The molecule has 79 valence electrons. The van der Waals surface area contributed by atoms with Crippen molar-refractivity contribution in [1.29, 1.82) is 0 Å². The van der Waals surface area contributed by atoms with Crippen LogP contribution in [-0.2, 0) is 0 Å². The molecule has 0 bridgehead atoms. The number of halogens is 6. The third kappa shape index (κ3) is 4.38. The van der Waals surface area contributed by atoms with Gasteiger partial charge in [-0.15, -0.1) is 0 Å². The van der Waals surface area contributed by atoms with Crippen LogP contribution in [-0.4, -0.2) is 18.3 Å². The van der Waals surface area contributed by atoms with Crippen LogP contribution >= 0.6 is 0 Å². The first-order valence-corrected chi connectivity index (χ1v) is 3.54. The summed E-state index contributed by atoms with van der Waals surface area (Å²) in [4.78, 5) is 0. The van der Waals surface area contributed by atoms with Gasteiger partial charge in [-0.2, -0.15) is 0 Å². The van der Waals surface area contributed by atoms with Gasteiger partial charge in [-0.25, -0.2) is 26.3 Å². The fraction of sp³-hybridized carbons (Fsp3) is 0.857. The smallest absolute Gasteiger partial charge is 0.207 e. The third-order valence-corrected chi connectivity index (χ3v) is 1.36. The lowest BCUT2D eigenvalue weighted by Crippen LogP contribution is -2.34. The highest BCUT2D eigenvalue weighted by molar-refractivity contribution is 4.79. The van der Waals surface area contributed by atoms with Gasteiger partial charge in [0, 0.05) is 6.42 Å². The Morgan fingerprint density at radius 3 is 1.85 bits per heavy atom. The zero-order valence-corrected chi connectivity index (χ0v) is 6.67. The van der Waals surface area contributed by atoms with Gasteiger partial charge in [0.05, 0.1) is 6.42 Å². The Bertz CT molecular complexity index is 153. The molecule has 0 aromatic heterocycles. The molecule has 0 fully saturated rings. The van der Waals surface area contributed by atoms with Gasteiger partial charge in [-0.05, 0) is 6.42 Å². The van der Waals surface area contributed by atoms with E-state index in [1.165, 1.54) is 0 Å². The second kappa shape index (κ2) is 4.19. The van der Waals surface area contributed by atoms with Crippen molar-refractivity contribution in [1.82, 2.24) is 0 Å². The van der Waals surface area contributed by atoms with Crippen molar-refractivity contribution in [2.45, 2.75) is 37.5 Å². The van der Waals surface area contributed by atoms with Crippen LogP contribution in [0.2, 0.25) is 0 Å². The molecule has 0 saturated carbocycles. The molecular formula is C7H9F6. The standard InChI is InChI=1S/C7H9F6/c1-2-3-6(10,11)4-7(12,13)5(8)9/h5H,1-4H2. The van der Waals surface area contributed by atoms with Gasteiger partial charge in [0.25, 0.3) is 5.92 Å². The molecule has 0 atom stereocenters. The average molecular weight is 207 g/mol. The highest BCUT2D eigenvalue weighted by Gasteiger charge is 2.49. The summed E-state index contributed by atoms with van der Waals surface area (Å²) in [5.41, 5.74) is 0. The molecule has 0 amide bonds. The van der Waals surface area contributed by atoms with Crippen molar-refractivity contribution in [3.05, 3.63) is 6.92 Å². The molecule has 0 rings (SSSR count). The molecule has 0 unspecified atom stereocenters.